The van der Waals surface area contributed by atoms with Gasteiger partial charge in [0.1, 0.15) is 0 Å². The minimum Gasteiger partial charge on any atom is -0.368 e. The normalized spacial score (nSPS) is 19.9. The fourth-order valence-corrected chi connectivity index (χ4v) is 2.90. The molecule has 2 heteroatoms. The molecule has 1 heterocycles. The average molecular weight is 232 g/mol. The summed E-state index contributed by atoms with van der Waals surface area (Å²) in [6, 6.07) is 7.60. The minimum atomic E-state index is 0.744. The van der Waals surface area contributed by atoms with Gasteiger partial charge in [0, 0.05) is 24.8 Å². The van der Waals surface area contributed by atoms with Crippen molar-refractivity contribution in [3.05, 3.63) is 29.3 Å². The molecule has 1 aromatic rings. The van der Waals surface area contributed by atoms with Gasteiger partial charge in [0.25, 0.3) is 0 Å². The smallest absolute Gasteiger partial charge is 0.0414 e. The van der Waals surface area contributed by atoms with E-state index in [1.54, 1.807) is 0 Å². The molecule has 2 nitrogen and oxygen atoms in total. The average Bonchev–Trinajstić information content (AvgIpc) is 2.78. The molecule has 0 saturated carbocycles. The van der Waals surface area contributed by atoms with Crippen LogP contribution in [0, 0.1) is 6.92 Å². The van der Waals surface area contributed by atoms with Gasteiger partial charge in [0.2, 0.25) is 0 Å². The summed E-state index contributed by atoms with van der Waals surface area (Å²) < 4.78 is 0. The zero-order valence-corrected chi connectivity index (χ0v) is 11.3. The van der Waals surface area contributed by atoms with Crippen molar-refractivity contribution in [2.24, 2.45) is 0 Å². The Hall–Kier alpha value is -1.02. The molecular formula is C15H24N2. The molecule has 1 aliphatic heterocycles. The molecule has 0 amide bonds. The van der Waals surface area contributed by atoms with E-state index in [1.807, 2.05) is 7.05 Å². The molecule has 17 heavy (non-hydrogen) atoms. The van der Waals surface area contributed by atoms with Crippen molar-refractivity contribution in [3.8, 4) is 0 Å². The lowest BCUT2D eigenvalue weighted by molar-refractivity contribution is 0.642. The third-order valence-electron chi connectivity index (χ3n) is 3.76. The topological polar surface area (TPSA) is 15.3 Å². The summed E-state index contributed by atoms with van der Waals surface area (Å²) in [7, 11) is 2.02. The summed E-state index contributed by atoms with van der Waals surface area (Å²) in [5, 5.41) is 3.28. The van der Waals surface area contributed by atoms with Gasteiger partial charge >= 0.3 is 0 Å². The monoisotopic (exact) mass is 232 g/mol. The minimum absolute atomic E-state index is 0.744. The van der Waals surface area contributed by atoms with Crippen molar-refractivity contribution in [1.82, 2.24) is 5.32 Å². The zero-order valence-electron chi connectivity index (χ0n) is 11.3. The number of rotatable bonds is 4. The highest BCUT2D eigenvalue weighted by atomic mass is 15.2. The summed E-state index contributed by atoms with van der Waals surface area (Å²) in [5.74, 6) is 0. The maximum absolute atomic E-state index is 3.28. The number of hydrogen-bond acceptors (Lipinski definition) is 2. The van der Waals surface area contributed by atoms with Gasteiger partial charge in [-0.05, 0) is 44.9 Å². The molecule has 1 aliphatic rings. The first-order valence-corrected chi connectivity index (χ1v) is 6.77. The summed E-state index contributed by atoms with van der Waals surface area (Å²) in [6.07, 6.45) is 3.95. The summed E-state index contributed by atoms with van der Waals surface area (Å²) in [4.78, 5) is 2.60. The van der Waals surface area contributed by atoms with Gasteiger partial charge in [-0.1, -0.05) is 24.6 Å². The third kappa shape index (κ3) is 2.63. The van der Waals surface area contributed by atoms with Gasteiger partial charge in [-0.2, -0.15) is 0 Å². The number of anilines is 1. The summed E-state index contributed by atoms with van der Waals surface area (Å²) in [5.41, 5.74) is 4.23. The van der Waals surface area contributed by atoms with Crippen LogP contribution in [0.15, 0.2) is 18.2 Å². The van der Waals surface area contributed by atoms with Crippen molar-refractivity contribution in [2.75, 3.05) is 18.5 Å². The second-order valence-electron chi connectivity index (χ2n) is 5.06. The number of nitrogens with zero attached hydrogens (tertiary/aromatic N) is 1. The lowest BCUT2D eigenvalue weighted by Crippen LogP contribution is -2.29. The Morgan fingerprint density at radius 1 is 1.41 bits per heavy atom. The molecule has 0 bridgehead atoms. The van der Waals surface area contributed by atoms with E-state index >= 15 is 0 Å². The molecule has 1 unspecified atom stereocenters. The fourth-order valence-electron chi connectivity index (χ4n) is 2.90. The molecular weight excluding hydrogens is 208 g/mol. The molecule has 94 valence electrons. The van der Waals surface area contributed by atoms with Gasteiger partial charge < -0.3 is 10.2 Å². The van der Waals surface area contributed by atoms with E-state index in [1.165, 1.54) is 42.6 Å². The van der Waals surface area contributed by atoms with Crippen LogP contribution in [0.3, 0.4) is 0 Å². The number of aryl methyl sites for hydroxylation is 1. The standard InChI is InChI=1S/C15H24N2/c1-4-14-6-5-9-17(14)15-8-7-12(2)10-13(15)11-16-3/h7-8,10,14,16H,4-6,9,11H2,1-3H3. The SMILES string of the molecule is CCC1CCCN1c1ccc(C)cc1CNC. The fraction of sp³-hybridized carbons (Fsp3) is 0.600. The van der Waals surface area contributed by atoms with E-state index in [0.29, 0.717) is 0 Å². The first kappa shape index (κ1) is 12.4. The Kier molecular flexibility index (Phi) is 4.06. The van der Waals surface area contributed by atoms with Crippen molar-refractivity contribution in [2.45, 2.75) is 45.7 Å². The summed E-state index contributed by atoms with van der Waals surface area (Å²) in [6.45, 7) is 6.65. The highest BCUT2D eigenvalue weighted by Gasteiger charge is 2.24. The van der Waals surface area contributed by atoms with Crippen LogP contribution in [0.4, 0.5) is 5.69 Å². The molecule has 2 rings (SSSR count). The van der Waals surface area contributed by atoms with Crippen LogP contribution in [0.5, 0.6) is 0 Å². The predicted octanol–water partition coefficient (Wildman–Crippen LogP) is 3.09. The summed E-state index contributed by atoms with van der Waals surface area (Å²) >= 11 is 0. The van der Waals surface area contributed by atoms with Crippen LogP contribution >= 0.6 is 0 Å². The van der Waals surface area contributed by atoms with E-state index in [4.69, 9.17) is 0 Å². The Balaban J connectivity index is 2.30. The van der Waals surface area contributed by atoms with Gasteiger partial charge in [0.05, 0.1) is 0 Å². The van der Waals surface area contributed by atoms with E-state index in [-0.39, 0.29) is 0 Å². The van der Waals surface area contributed by atoms with Crippen molar-refractivity contribution in [3.63, 3.8) is 0 Å². The number of nitrogens with one attached hydrogen (secondary N) is 1. The van der Waals surface area contributed by atoms with E-state index in [0.717, 1.165) is 12.6 Å². The molecule has 1 fully saturated rings. The Morgan fingerprint density at radius 3 is 2.94 bits per heavy atom. The largest absolute Gasteiger partial charge is 0.368 e. The maximum atomic E-state index is 3.28. The maximum Gasteiger partial charge on any atom is 0.0414 e. The quantitative estimate of drug-likeness (QED) is 0.858. The van der Waals surface area contributed by atoms with Gasteiger partial charge in [0.15, 0.2) is 0 Å². The second-order valence-corrected chi connectivity index (χ2v) is 5.06. The third-order valence-corrected chi connectivity index (χ3v) is 3.76. The second kappa shape index (κ2) is 5.54. The first-order chi connectivity index (χ1) is 8.26. The molecule has 1 aromatic carbocycles. The van der Waals surface area contributed by atoms with E-state index < -0.39 is 0 Å². The van der Waals surface area contributed by atoms with Gasteiger partial charge in [-0.25, -0.2) is 0 Å². The number of benzene rings is 1. The van der Waals surface area contributed by atoms with E-state index in [2.05, 4.69) is 42.3 Å². The van der Waals surface area contributed by atoms with Crippen molar-refractivity contribution < 1.29 is 0 Å². The Bertz CT molecular complexity index is 373. The predicted molar refractivity (Wildman–Crippen MR) is 74.6 cm³/mol. The molecule has 1 saturated heterocycles. The molecule has 1 N–H and O–H groups in total. The highest BCUT2D eigenvalue weighted by Crippen LogP contribution is 2.30. The van der Waals surface area contributed by atoms with Crippen LogP contribution in [-0.4, -0.2) is 19.6 Å². The van der Waals surface area contributed by atoms with E-state index in [9.17, 15) is 0 Å². The molecule has 0 aromatic heterocycles. The van der Waals surface area contributed by atoms with Crippen LogP contribution in [0.2, 0.25) is 0 Å². The van der Waals surface area contributed by atoms with Gasteiger partial charge in [-0.15, -0.1) is 0 Å². The highest BCUT2D eigenvalue weighted by molar-refractivity contribution is 5.56. The first-order valence-electron chi connectivity index (χ1n) is 6.77. The number of hydrogen-bond donors (Lipinski definition) is 1. The molecule has 0 aliphatic carbocycles. The Labute approximate surface area is 105 Å². The van der Waals surface area contributed by atoms with Crippen LogP contribution in [0.25, 0.3) is 0 Å². The lowest BCUT2D eigenvalue weighted by atomic mass is 10.1. The van der Waals surface area contributed by atoms with Gasteiger partial charge in [-0.3, -0.25) is 0 Å². The van der Waals surface area contributed by atoms with Crippen molar-refractivity contribution in [1.29, 1.82) is 0 Å². The molecule has 0 spiro atoms. The zero-order chi connectivity index (χ0) is 12.3. The van der Waals surface area contributed by atoms with Crippen molar-refractivity contribution >= 4 is 5.69 Å². The Morgan fingerprint density at radius 2 is 2.24 bits per heavy atom. The lowest BCUT2D eigenvalue weighted by Gasteiger charge is -2.28. The van der Waals surface area contributed by atoms with Crippen LogP contribution < -0.4 is 10.2 Å². The van der Waals surface area contributed by atoms with Crippen LogP contribution in [0.1, 0.15) is 37.3 Å². The van der Waals surface area contributed by atoms with Crippen LogP contribution in [-0.2, 0) is 6.54 Å². The molecule has 0 radical (unpaired) electrons. The molecule has 1 atom stereocenters.